The Morgan fingerprint density at radius 2 is 2.26 bits per heavy atom. The van der Waals surface area contributed by atoms with Crippen molar-refractivity contribution >= 4 is 11.8 Å². The highest BCUT2D eigenvalue weighted by Gasteiger charge is 2.33. The van der Waals surface area contributed by atoms with Crippen LogP contribution in [0.5, 0.6) is 0 Å². The molecule has 0 aliphatic heterocycles. The molecule has 1 fully saturated rings. The number of nitrogens with zero attached hydrogens (tertiary/aromatic N) is 1. The standard InChI is InChI=1S/C13H19N3O3/c1-7(2)13-15-10(6-11(17)16-13)14-9(5-12(18)19)8-3-4-8/h6-9H,3-5H2,1-2H3,(H,18,19)(H2,14,15,16,17). The minimum absolute atomic E-state index is 0.0517. The van der Waals surface area contributed by atoms with Crippen LogP contribution in [0.25, 0.3) is 0 Å². The number of hydrogen-bond acceptors (Lipinski definition) is 4. The molecule has 0 spiro atoms. The fraction of sp³-hybridized carbons (Fsp3) is 0.615. The third-order valence-electron chi connectivity index (χ3n) is 3.23. The Kier molecular flexibility index (Phi) is 3.87. The highest BCUT2D eigenvalue weighted by molar-refractivity contribution is 5.68. The smallest absolute Gasteiger partial charge is 0.305 e. The Labute approximate surface area is 111 Å². The molecule has 6 heteroatoms. The van der Waals surface area contributed by atoms with Crippen molar-refractivity contribution < 1.29 is 9.90 Å². The van der Waals surface area contributed by atoms with Gasteiger partial charge in [0.2, 0.25) is 0 Å². The fourth-order valence-corrected chi connectivity index (χ4v) is 2.04. The molecule has 0 amide bonds. The van der Waals surface area contributed by atoms with E-state index in [1.165, 1.54) is 6.07 Å². The Bertz CT molecular complexity index is 520. The number of rotatable bonds is 6. The summed E-state index contributed by atoms with van der Waals surface area (Å²) in [6, 6.07) is 1.23. The molecule has 19 heavy (non-hydrogen) atoms. The largest absolute Gasteiger partial charge is 0.481 e. The van der Waals surface area contributed by atoms with Gasteiger partial charge in [-0.05, 0) is 18.8 Å². The number of nitrogens with one attached hydrogen (secondary N) is 2. The van der Waals surface area contributed by atoms with Crippen LogP contribution in [0.15, 0.2) is 10.9 Å². The molecule has 1 aliphatic carbocycles. The van der Waals surface area contributed by atoms with E-state index in [0.29, 0.717) is 17.6 Å². The number of aromatic amines is 1. The molecule has 1 unspecified atom stereocenters. The molecule has 0 saturated heterocycles. The number of aliphatic carboxylic acids is 1. The molecule has 0 aromatic carbocycles. The van der Waals surface area contributed by atoms with Gasteiger partial charge < -0.3 is 15.4 Å². The van der Waals surface area contributed by atoms with E-state index in [0.717, 1.165) is 12.8 Å². The van der Waals surface area contributed by atoms with Crippen LogP contribution in [0, 0.1) is 5.92 Å². The molecule has 1 atom stereocenters. The molecular weight excluding hydrogens is 246 g/mol. The highest BCUT2D eigenvalue weighted by atomic mass is 16.4. The Balaban J connectivity index is 2.16. The van der Waals surface area contributed by atoms with Crippen LogP contribution in [-0.4, -0.2) is 27.1 Å². The van der Waals surface area contributed by atoms with Gasteiger partial charge >= 0.3 is 5.97 Å². The first-order valence-electron chi connectivity index (χ1n) is 6.55. The van der Waals surface area contributed by atoms with E-state index in [-0.39, 0.29) is 23.9 Å². The number of aromatic nitrogens is 2. The summed E-state index contributed by atoms with van der Waals surface area (Å²) in [5.41, 5.74) is -0.217. The van der Waals surface area contributed by atoms with Gasteiger partial charge in [-0.25, -0.2) is 4.98 Å². The summed E-state index contributed by atoms with van der Waals surface area (Å²) in [4.78, 5) is 29.4. The van der Waals surface area contributed by atoms with Gasteiger partial charge in [-0.15, -0.1) is 0 Å². The van der Waals surface area contributed by atoms with Crippen molar-refractivity contribution in [1.29, 1.82) is 0 Å². The zero-order chi connectivity index (χ0) is 14.0. The number of hydrogen-bond donors (Lipinski definition) is 3. The van der Waals surface area contributed by atoms with Crippen molar-refractivity contribution in [3.63, 3.8) is 0 Å². The van der Waals surface area contributed by atoms with Crippen molar-refractivity contribution in [3.8, 4) is 0 Å². The maximum Gasteiger partial charge on any atom is 0.305 e. The lowest BCUT2D eigenvalue weighted by Gasteiger charge is -2.17. The zero-order valence-corrected chi connectivity index (χ0v) is 11.1. The molecule has 2 rings (SSSR count). The van der Waals surface area contributed by atoms with Crippen molar-refractivity contribution in [3.05, 3.63) is 22.2 Å². The number of H-pyrrole nitrogens is 1. The van der Waals surface area contributed by atoms with Crippen LogP contribution in [0.4, 0.5) is 5.82 Å². The van der Waals surface area contributed by atoms with Gasteiger partial charge in [-0.1, -0.05) is 13.8 Å². The maximum absolute atomic E-state index is 11.6. The molecule has 104 valence electrons. The topological polar surface area (TPSA) is 95.1 Å². The van der Waals surface area contributed by atoms with Crippen LogP contribution in [0.1, 0.15) is 44.9 Å². The van der Waals surface area contributed by atoms with Crippen LogP contribution in [0.3, 0.4) is 0 Å². The van der Waals surface area contributed by atoms with Crippen molar-refractivity contribution in [2.75, 3.05) is 5.32 Å². The lowest BCUT2D eigenvalue weighted by molar-refractivity contribution is -0.137. The number of carbonyl (C=O) groups is 1. The second-order valence-corrected chi connectivity index (χ2v) is 5.36. The first-order chi connectivity index (χ1) is 8.95. The summed E-state index contributed by atoms with van der Waals surface area (Å²) in [5.74, 6) is 0.733. The molecule has 0 bridgehead atoms. The predicted octanol–water partition coefficient (Wildman–Crippen LogP) is 1.56. The van der Waals surface area contributed by atoms with Gasteiger partial charge in [-0.2, -0.15) is 0 Å². The summed E-state index contributed by atoms with van der Waals surface area (Å²) in [5, 5.41) is 12.0. The van der Waals surface area contributed by atoms with E-state index >= 15 is 0 Å². The zero-order valence-electron chi connectivity index (χ0n) is 11.1. The Hall–Kier alpha value is -1.85. The van der Waals surface area contributed by atoms with E-state index in [1.807, 2.05) is 13.8 Å². The Morgan fingerprint density at radius 3 is 2.79 bits per heavy atom. The lowest BCUT2D eigenvalue weighted by atomic mass is 10.1. The average molecular weight is 265 g/mol. The predicted molar refractivity (Wildman–Crippen MR) is 71.3 cm³/mol. The third kappa shape index (κ3) is 3.81. The van der Waals surface area contributed by atoms with Gasteiger partial charge in [0.05, 0.1) is 6.42 Å². The van der Waals surface area contributed by atoms with Crippen LogP contribution >= 0.6 is 0 Å². The van der Waals surface area contributed by atoms with Gasteiger partial charge in [0.25, 0.3) is 5.56 Å². The third-order valence-corrected chi connectivity index (χ3v) is 3.23. The Morgan fingerprint density at radius 1 is 1.58 bits per heavy atom. The molecular formula is C13H19N3O3. The van der Waals surface area contributed by atoms with Crippen LogP contribution in [-0.2, 0) is 4.79 Å². The van der Waals surface area contributed by atoms with Crippen LogP contribution in [0.2, 0.25) is 0 Å². The van der Waals surface area contributed by atoms with Gasteiger partial charge in [0, 0.05) is 18.0 Å². The maximum atomic E-state index is 11.6. The number of carboxylic acids is 1. The summed E-state index contributed by atoms with van der Waals surface area (Å²) < 4.78 is 0. The van der Waals surface area contributed by atoms with Crippen molar-refractivity contribution in [1.82, 2.24) is 9.97 Å². The van der Waals surface area contributed by atoms with Gasteiger partial charge in [-0.3, -0.25) is 9.59 Å². The molecule has 1 aliphatic rings. The molecule has 1 saturated carbocycles. The van der Waals surface area contributed by atoms with Crippen LogP contribution < -0.4 is 10.9 Å². The quantitative estimate of drug-likeness (QED) is 0.725. The SMILES string of the molecule is CC(C)c1nc(NC(CC(=O)O)C2CC2)cc(=O)[nH]1. The summed E-state index contributed by atoms with van der Waals surface area (Å²) >= 11 is 0. The number of anilines is 1. The van der Waals surface area contributed by atoms with E-state index in [4.69, 9.17) is 5.11 Å². The minimum atomic E-state index is -0.835. The number of carboxylic acid groups (broad SMARTS) is 1. The highest BCUT2D eigenvalue weighted by Crippen LogP contribution is 2.35. The molecule has 6 nitrogen and oxygen atoms in total. The summed E-state index contributed by atoms with van der Waals surface area (Å²) in [6.07, 6.45) is 2.12. The monoisotopic (exact) mass is 265 g/mol. The molecule has 0 radical (unpaired) electrons. The second kappa shape index (κ2) is 5.42. The molecule has 1 heterocycles. The van der Waals surface area contributed by atoms with Crippen molar-refractivity contribution in [2.24, 2.45) is 5.92 Å². The summed E-state index contributed by atoms with van der Waals surface area (Å²) in [7, 11) is 0. The minimum Gasteiger partial charge on any atom is -0.481 e. The van der Waals surface area contributed by atoms with E-state index < -0.39 is 5.97 Å². The normalized spacial score (nSPS) is 16.4. The van der Waals surface area contributed by atoms with E-state index in [1.54, 1.807) is 0 Å². The molecule has 1 aromatic heterocycles. The lowest BCUT2D eigenvalue weighted by Crippen LogP contribution is -2.27. The fourth-order valence-electron chi connectivity index (χ4n) is 2.04. The van der Waals surface area contributed by atoms with E-state index in [2.05, 4.69) is 15.3 Å². The molecule has 1 aromatic rings. The van der Waals surface area contributed by atoms with Gasteiger partial charge in [0.1, 0.15) is 11.6 Å². The van der Waals surface area contributed by atoms with Crippen molar-refractivity contribution in [2.45, 2.75) is 45.1 Å². The first-order valence-corrected chi connectivity index (χ1v) is 6.55. The van der Waals surface area contributed by atoms with Gasteiger partial charge in [0.15, 0.2) is 0 Å². The average Bonchev–Trinajstić information content (AvgIpc) is 3.10. The summed E-state index contributed by atoms with van der Waals surface area (Å²) in [6.45, 7) is 3.88. The first kappa shape index (κ1) is 13.6. The van der Waals surface area contributed by atoms with E-state index in [9.17, 15) is 9.59 Å². The molecule has 3 N–H and O–H groups in total. The second-order valence-electron chi connectivity index (χ2n) is 5.36.